The number of carboxylic acids is 1. The van der Waals surface area contributed by atoms with E-state index < -0.39 is 5.97 Å². The molecule has 0 radical (unpaired) electrons. The summed E-state index contributed by atoms with van der Waals surface area (Å²) < 4.78 is 7.02. The van der Waals surface area contributed by atoms with Crippen LogP contribution in [-0.4, -0.2) is 51.6 Å². The first-order chi connectivity index (χ1) is 9.47. The predicted octanol–water partition coefficient (Wildman–Crippen LogP) is 1.45. The second-order valence-electron chi connectivity index (χ2n) is 5.16. The number of piperidine rings is 1. The summed E-state index contributed by atoms with van der Waals surface area (Å²) in [7, 11) is 1.84. The van der Waals surface area contributed by atoms with Gasteiger partial charge in [-0.2, -0.15) is 5.10 Å². The third-order valence-corrected chi connectivity index (χ3v) is 4.10. The first-order valence-corrected chi connectivity index (χ1v) is 7.09. The van der Waals surface area contributed by atoms with Crippen molar-refractivity contribution in [3.8, 4) is 0 Å². The molecule has 0 aliphatic carbocycles. The van der Waals surface area contributed by atoms with Crippen LogP contribution in [0.25, 0.3) is 0 Å². The lowest BCUT2D eigenvalue weighted by Gasteiger charge is -2.31. The van der Waals surface area contributed by atoms with Gasteiger partial charge in [-0.15, -0.1) is 0 Å². The number of rotatable bonds is 5. The molecular formula is C13H20ClN3O3. The molecule has 0 amide bonds. The molecule has 1 saturated heterocycles. The van der Waals surface area contributed by atoms with Crippen LogP contribution in [0.4, 0.5) is 0 Å². The van der Waals surface area contributed by atoms with Gasteiger partial charge < -0.3 is 9.84 Å². The van der Waals surface area contributed by atoms with E-state index in [1.807, 2.05) is 14.0 Å². The fourth-order valence-electron chi connectivity index (χ4n) is 2.50. The molecule has 1 N–H and O–H groups in total. The Morgan fingerprint density at radius 1 is 1.50 bits per heavy atom. The van der Waals surface area contributed by atoms with E-state index in [1.165, 1.54) is 0 Å². The lowest BCUT2D eigenvalue weighted by atomic mass is 10.1. The van der Waals surface area contributed by atoms with Gasteiger partial charge in [0, 0.05) is 32.2 Å². The fourth-order valence-corrected chi connectivity index (χ4v) is 2.73. The van der Waals surface area contributed by atoms with Gasteiger partial charge in [-0.25, -0.2) is 4.79 Å². The smallest absolute Gasteiger partial charge is 0.329 e. The molecule has 1 fully saturated rings. The summed E-state index contributed by atoms with van der Waals surface area (Å²) in [5.41, 5.74) is 2.03. The summed E-state index contributed by atoms with van der Waals surface area (Å²) in [5, 5.41) is 13.6. The van der Waals surface area contributed by atoms with Crippen LogP contribution in [0.15, 0.2) is 0 Å². The highest BCUT2D eigenvalue weighted by molar-refractivity contribution is 6.30. The second-order valence-corrected chi connectivity index (χ2v) is 5.52. The number of halogens is 1. The van der Waals surface area contributed by atoms with E-state index in [2.05, 4.69) is 10.00 Å². The van der Waals surface area contributed by atoms with Crippen LogP contribution >= 0.6 is 11.6 Å². The average Bonchev–Trinajstić information content (AvgIpc) is 2.64. The zero-order valence-electron chi connectivity index (χ0n) is 11.8. The van der Waals surface area contributed by atoms with Crippen molar-refractivity contribution in [3.63, 3.8) is 0 Å². The molecule has 6 nitrogen and oxygen atoms in total. The zero-order chi connectivity index (χ0) is 14.7. The highest BCUT2D eigenvalue weighted by atomic mass is 35.5. The van der Waals surface area contributed by atoms with Crippen molar-refractivity contribution >= 4 is 17.6 Å². The van der Waals surface area contributed by atoms with Crippen LogP contribution < -0.4 is 0 Å². The molecule has 0 spiro atoms. The molecule has 0 unspecified atom stereocenters. The minimum Gasteiger partial charge on any atom is -0.480 e. The van der Waals surface area contributed by atoms with Crippen LogP contribution in [0.2, 0.25) is 5.15 Å². The Labute approximate surface area is 123 Å². The van der Waals surface area contributed by atoms with Gasteiger partial charge in [-0.05, 0) is 19.8 Å². The number of likely N-dealkylation sites (tertiary alicyclic amines) is 1. The van der Waals surface area contributed by atoms with E-state index in [0.717, 1.165) is 43.7 Å². The molecule has 1 aliphatic heterocycles. The monoisotopic (exact) mass is 301 g/mol. The van der Waals surface area contributed by atoms with Gasteiger partial charge in [0.2, 0.25) is 0 Å². The van der Waals surface area contributed by atoms with E-state index in [4.69, 9.17) is 21.4 Å². The van der Waals surface area contributed by atoms with Crippen molar-refractivity contribution < 1.29 is 14.6 Å². The maximum Gasteiger partial charge on any atom is 0.329 e. The largest absolute Gasteiger partial charge is 0.480 e. The standard InChI is InChI=1S/C13H20ClN3O3/c1-9-11(13(14)16(2)15-9)7-17-5-3-10(4-6-17)20-8-12(18)19/h10H,3-8H2,1-2H3,(H,18,19). The van der Waals surface area contributed by atoms with Crippen molar-refractivity contribution in [1.29, 1.82) is 0 Å². The summed E-state index contributed by atoms with van der Waals surface area (Å²) in [6.07, 6.45) is 1.75. The molecule has 0 saturated carbocycles. The first-order valence-electron chi connectivity index (χ1n) is 6.71. The highest BCUT2D eigenvalue weighted by Gasteiger charge is 2.22. The number of ether oxygens (including phenoxy) is 1. The number of aryl methyl sites for hydroxylation is 2. The minimum atomic E-state index is -0.912. The Morgan fingerprint density at radius 3 is 2.65 bits per heavy atom. The summed E-state index contributed by atoms with van der Waals surface area (Å²) in [5.74, 6) is -0.912. The van der Waals surface area contributed by atoms with Crippen molar-refractivity contribution in [1.82, 2.24) is 14.7 Å². The average molecular weight is 302 g/mol. The van der Waals surface area contributed by atoms with E-state index in [0.29, 0.717) is 5.15 Å². The van der Waals surface area contributed by atoms with Gasteiger partial charge in [0.1, 0.15) is 11.8 Å². The third-order valence-electron chi connectivity index (χ3n) is 3.63. The van der Waals surface area contributed by atoms with E-state index in [-0.39, 0.29) is 12.7 Å². The van der Waals surface area contributed by atoms with Crippen molar-refractivity contribution in [2.24, 2.45) is 7.05 Å². The molecule has 0 aromatic carbocycles. The second kappa shape index (κ2) is 6.56. The van der Waals surface area contributed by atoms with Gasteiger partial charge in [-0.3, -0.25) is 9.58 Å². The number of hydrogen-bond acceptors (Lipinski definition) is 4. The maximum atomic E-state index is 10.5. The molecular weight excluding hydrogens is 282 g/mol. The SMILES string of the molecule is Cc1nn(C)c(Cl)c1CN1CCC(OCC(=O)O)CC1. The number of aromatic nitrogens is 2. The molecule has 0 atom stereocenters. The normalized spacial score (nSPS) is 17.6. The molecule has 1 aromatic rings. The summed E-state index contributed by atoms with van der Waals surface area (Å²) >= 11 is 6.23. The summed E-state index contributed by atoms with van der Waals surface area (Å²) in [4.78, 5) is 12.8. The first kappa shape index (κ1) is 15.3. The summed E-state index contributed by atoms with van der Waals surface area (Å²) in [6.45, 7) is 4.30. The molecule has 7 heteroatoms. The number of hydrogen-bond donors (Lipinski definition) is 1. The topological polar surface area (TPSA) is 67.6 Å². The van der Waals surface area contributed by atoms with Gasteiger partial charge in [0.25, 0.3) is 0 Å². The van der Waals surface area contributed by atoms with E-state index >= 15 is 0 Å². The molecule has 1 aliphatic rings. The van der Waals surface area contributed by atoms with Gasteiger partial charge in [0.15, 0.2) is 0 Å². The molecule has 2 heterocycles. The third kappa shape index (κ3) is 3.71. The zero-order valence-corrected chi connectivity index (χ0v) is 12.6. The van der Waals surface area contributed by atoms with Crippen LogP contribution in [0, 0.1) is 6.92 Å². The minimum absolute atomic E-state index is 0.0489. The lowest BCUT2D eigenvalue weighted by Crippen LogP contribution is -2.37. The molecule has 2 rings (SSSR count). The predicted molar refractivity (Wildman–Crippen MR) is 74.8 cm³/mol. The number of carboxylic acid groups (broad SMARTS) is 1. The Balaban J connectivity index is 1.84. The van der Waals surface area contributed by atoms with Gasteiger partial charge in [0.05, 0.1) is 11.8 Å². The van der Waals surface area contributed by atoms with Crippen molar-refractivity contribution in [3.05, 3.63) is 16.4 Å². The van der Waals surface area contributed by atoms with Crippen LogP contribution in [0.5, 0.6) is 0 Å². The van der Waals surface area contributed by atoms with Crippen LogP contribution in [0.1, 0.15) is 24.1 Å². The van der Waals surface area contributed by atoms with Crippen LogP contribution in [0.3, 0.4) is 0 Å². The molecule has 112 valence electrons. The number of carbonyl (C=O) groups is 1. The Morgan fingerprint density at radius 2 is 2.15 bits per heavy atom. The molecule has 0 bridgehead atoms. The van der Waals surface area contributed by atoms with Crippen LogP contribution in [-0.2, 0) is 23.1 Å². The lowest BCUT2D eigenvalue weighted by molar-refractivity contribution is -0.145. The van der Waals surface area contributed by atoms with E-state index in [9.17, 15) is 4.79 Å². The number of nitrogens with zero attached hydrogens (tertiary/aromatic N) is 3. The quantitative estimate of drug-likeness (QED) is 0.891. The Bertz CT molecular complexity index is 481. The van der Waals surface area contributed by atoms with Gasteiger partial charge in [-0.1, -0.05) is 11.6 Å². The van der Waals surface area contributed by atoms with E-state index in [1.54, 1.807) is 4.68 Å². The fraction of sp³-hybridized carbons (Fsp3) is 0.692. The molecule has 1 aromatic heterocycles. The molecule has 20 heavy (non-hydrogen) atoms. The van der Waals surface area contributed by atoms with Gasteiger partial charge >= 0.3 is 5.97 Å². The van der Waals surface area contributed by atoms with Crippen molar-refractivity contribution in [2.45, 2.75) is 32.4 Å². The van der Waals surface area contributed by atoms with Crippen molar-refractivity contribution in [2.75, 3.05) is 19.7 Å². The maximum absolute atomic E-state index is 10.5. The highest BCUT2D eigenvalue weighted by Crippen LogP contribution is 2.23. The summed E-state index contributed by atoms with van der Waals surface area (Å²) in [6, 6.07) is 0. The Hall–Kier alpha value is -1.11. The Kier molecular flexibility index (Phi) is 5.01. The number of aliphatic carboxylic acids is 1.